The number of ether oxygens (including phenoxy) is 2. The second-order valence-electron chi connectivity index (χ2n) is 14.6. The van der Waals surface area contributed by atoms with E-state index in [1.807, 2.05) is 6.20 Å². The lowest BCUT2D eigenvalue weighted by molar-refractivity contribution is 0.0231. The summed E-state index contributed by atoms with van der Waals surface area (Å²) in [5, 5.41) is 15.9. The van der Waals surface area contributed by atoms with Crippen molar-refractivity contribution in [1.29, 1.82) is 0 Å². The molecule has 2 bridgehead atoms. The first-order chi connectivity index (χ1) is 23.5. The SMILES string of the molecule is C#Cc1c(F)ccc2cc(O)cc(-c3cnc4c(N5CC6CCC(C5)N6)nc(OCC5(CN6CCOCC6)CC5)nc4c3C3CCC3)c12. The van der Waals surface area contributed by atoms with E-state index in [1.54, 1.807) is 18.2 Å². The monoisotopic (exact) mass is 648 g/mol. The average Bonchev–Trinajstić information content (AvgIpc) is 3.76. The molecule has 5 fully saturated rings. The van der Waals surface area contributed by atoms with Crippen LogP contribution in [0.1, 0.15) is 62.0 Å². The number of nitrogens with zero attached hydrogens (tertiary/aromatic N) is 5. The first-order valence-electron chi connectivity index (χ1n) is 17.5. The number of piperazine rings is 1. The molecule has 3 aliphatic heterocycles. The lowest BCUT2D eigenvalue weighted by Gasteiger charge is -2.35. The molecule has 2 unspecified atom stereocenters. The molecular formula is C38H41FN6O3. The number of hydrogen-bond donors (Lipinski definition) is 2. The molecular weight excluding hydrogens is 607 g/mol. The molecule has 2 N–H and O–H groups in total. The molecule has 3 saturated heterocycles. The number of benzene rings is 2. The molecule has 9 nitrogen and oxygen atoms in total. The van der Waals surface area contributed by atoms with Crippen molar-refractivity contribution in [2.45, 2.75) is 62.9 Å². The summed E-state index contributed by atoms with van der Waals surface area (Å²) < 4.78 is 27.3. The number of phenolic OH excluding ortho intramolecular Hbond substituents is 1. The summed E-state index contributed by atoms with van der Waals surface area (Å²) >= 11 is 0. The Morgan fingerprint density at radius 3 is 2.54 bits per heavy atom. The number of terminal acetylenes is 1. The summed E-state index contributed by atoms with van der Waals surface area (Å²) in [5.74, 6) is 3.25. The molecule has 2 aromatic carbocycles. The first-order valence-corrected chi connectivity index (χ1v) is 17.5. The van der Waals surface area contributed by atoms with Crippen LogP contribution >= 0.6 is 0 Å². The van der Waals surface area contributed by atoms with Crippen LogP contribution in [0.4, 0.5) is 10.2 Å². The molecule has 5 heterocycles. The van der Waals surface area contributed by atoms with Crippen molar-refractivity contribution in [2.75, 3.05) is 57.4 Å². The fourth-order valence-electron chi connectivity index (χ4n) is 8.39. The second-order valence-corrected chi connectivity index (χ2v) is 14.6. The summed E-state index contributed by atoms with van der Waals surface area (Å²) in [6, 6.07) is 7.57. The van der Waals surface area contributed by atoms with Crippen LogP contribution in [0.25, 0.3) is 32.9 Å². The number of aromatic nitrogens is 3. The number of anilines is 1. The summed E-state index contributed by atoms with van der Waals surface area (Å²) in [4.78, 5) is 20.2. The lowest BCUT2D eigenvalue weighted by Crippen LogP contribution is -2.51. The number of rotatable bonds is 8. The number of aromatic hydroxyl groups is 1. The van der Waals surface area contributed by atoms with Gasteiger partial charge in [0.2, 0.25) is 0 Å². The van der Waals surface area contributed by atoms with Gasteiger partial charge in [-0.25, -0.2) is 4.39 Å². The van der Waals surface area contributed by atoms with Crippen molar-refractivity contribution in [3.63, 3.8) is 0 Å². The van der Waals surface area contributed by atoms with Gasteiger partial charge in [-0.05, 0) is 79.2 Å². The van der Waals surface area contributed by atoms with E-state index >= 15 is 4.39 Å². The molecule has 2 aliphatic carbocycles. The number of phenols is 1. The largest absolute Gasteiger partial charge is 0.508 e. The van der Waals surface area contributed by atoms with Crippen molar-refractivity contribution in [3.8, 4) is 35.2 Å². The van der Waals surface area contributed by atoms with E-state index in [9.17, 15) is 5.11 Å². The molecule has 2 atom stereocenters. The molecule has 9 rings (SSSR count). The zero-order chi connectivity index (χ0) is 32.4. The van der Waals surface area contributed by atoms with E-state index in [0.717, 1.165) is 119 Å². The van der Waals surface area contributed by atoms with Crippen molar-refractivity contribution >= 4 is 27.6 Å². The third-order valence-corrected chi connectivity index (χ3v) is 11.4. The fraction of sp³-hybridized carbons (Fsp3) is 0.500. The zero-order valence-electron chi connectivity index (χ0n) is 27.2. The maximum absolute atomic E-state index is 15.1. The maximum Gasteiger partial charge on any atom is 0.319 e. The Kier molecular flexibility index (Phi) is 7.41. The number of halogens is 1. The molecule has 48 heavy (non-hydrogen) atoms. The quantitative estimate of drug-likeness (QED) is 0.245. The number of pyridine rings is 1. The van der Waals surface area contributed by atoms with Gasteiger partial charge in [0.1, 0.15) is 22.6 Å². The predicted molar refractivity (Wildman–Crippen MR) is 183 cm³/mol. The molecule has 2 saturated carbocycles. The number of morpholine rings is 1. The van der Waals surface area contributed by atoms with Gasteiger partial charge in [-0.15, -0.1) is 6.42 Å². The molecule has 0 radical (unpaired) electrons. The molecule has 0 spiro atoms. The summed E-state index contributed by atoms with van der Waals surface area (Å²) in [6.45, 7) is 6.75. The maximum atomic E-state index is 15.1. The number of fused-ring (bicyclic) bond motifs is 4. The average molecular weight is 649 g/mol. The highest BCUT2D eigenvalue weighted by Crippen LogP contribution is 2.49. The van der Waals surface area contributed by atoms with E-state index in [4.69, 9.17) is 30.8 Å². The van der Waals surface area contributed by atoms with Crippen LogP contribution in [-0.2, 0) is 4.74 Å². The van der Waals surface area contributed by atoms with Crippen molar-refractivity contribution < 1.29 is 19.0 Å². The van der Waals surface area contributed by atoms with Crippen LogP contribution in [0, 0.1) is 23.6 Å². The van der Waals surface area contributed by atoms with E-state index in [1.165, 1.54) is 6.07 Å². The standard InChI is InChI=1S/C38H41FN6O3/c1-2-28-31(39)9-6-24-16-27(46)17-29(32(24)28)30-18-40-35-34(33(30)23-4-3-5-23)42-37(43-36(35)45-19-25-7-8-26(20-45)41-25)48-22-38(10-11-38)21-44-12-14-47-15-13-44/h1,6,9,16-18,23,25-26,41,46H,3-5,7-8,10-15,19-22H2. The van der Waals surface area contributed by atoms with E-state index in [-0.39, 0.29) is 22.6 Å². The van der Waals surface area contributed by atoms with Crippen LogP contribution < -0.4 is 15.0 Å². The molecule has 2 aromatic heterocycles. The Labute approximate surface area is 279 Å². The molecule has 10 heteroatoms. The highest BCUT2D eigenvalue weighted by molar-refractivity contribution is 6.04. The highest BCUT2D eigenvalue weighted by Gasteiger charge is 2.45. The highest BCUT2D eigenvalue weighted by atomic mass is 19.1. The van der Waals surface area contributed by atoms with E-state index < -0.39 is 5.82 Å². The lowest BCUT2D eigenvalue weighted by atomic mass is 9.76. The van der Waals surface area contributed by atoms with Gasteiger partial charge in [0.15, 0.2) is 5.82 Å². The Morgan fingerprint density at radius 2 is 1.83 bits per heavy atom. The Balaban J connectivity index is 1.19. The van der Waals surface area contributed by atoms with Crippen molar-refractivity contribution in [3.05, 3.63) is 47.4 Å². The minimum Gasteiger partial charge on any atom is -0.508 e. The topological polar surface area (TPSA) is 95.9 Å². The van der Waals surface area contributed by atoms with Gasteiger partial charge in [0.25, 0.3) is 0 Å². The third kappa shape index (κ3) is 5.33. The molecule has 4 aromatic rings. The van der Waals surface area contributed by atoms with Gasteiger partial charge in [-0.1, -0.05) is 18.4 Å². The van der Waals surface area contributed by atoms with Gasteiger partial charge in [0, 0.05) is 67.4 Å². The predicted octanol–water partition coefficient (Wildman–Crippen LogP) is 5.37. The molecule has 0 amide bonds. The van der Waals surface area contributed by atoms with Crippen molar-refractivity contribution in [2.24, 2.45) is 5.41 Å². The molecule has 5 aliphatic rings. The Morgan fingerprint density at radius 1 is 1.04 bits per heavy atom. The number of nitrogens with one attached hydrogen (secondary N) is 1. The minimum absolute atomic E-state index is 0.0884. The van der Waals surface area contributed by atoms with Crippen LogP contribution in [0.3, 0.4) is 0 Å². The fourth-order valence-corrected chi connectivity index (χ4v) is 8.39. The third-order valence-electron chi connectivity index (χ3n) is 11.4. The summed E-state index contributed by atoms with van der Waals surface area (Å²) in [5.41, 5.74) is 4.35. The second kappa shape index (κ2) is 11.8. The minimum atomic E-state index is -0.462. The van der Waals surface area contributed by atoms with Gasteiger partial charge in [0.05, 0.1) is 25.4 Å². The smallest absolute Gasteiger partial charge is 0.319 e. The van der Waals surface area contributed by atoms with Crippen molar-refractivity contribution in [1.82, 2.24) is 25.2 Å². The zero-order valence-corrected chi connectivity index (χ0v) is 27.2. The van der Waals surface area contributed by atoms with Gasteiger partial charge in [-0.2, -0.15) is 9.97 Å². The number of hydrogen-bond acceptors (Lipinski definition) is 9. The Bertz CT molecular complexity index is 1940. The van der Waals surface area contributed by atoms with Gasteiger partial charge in [-0.3, -0.25) is 9.88 Å². The van der Waals surface area contributed by atoms with Crippen LogP contribution in [0.2, 0.25) is 0 Å². The first kappa shape index (κ1) is 30.1. The van der Waals surface area contributed by atoms with E-state index in [0.29, 0.717) is 41.0 Å². The van der Waals surface area contributed by atoms with Crippen LogP contribution in [0.15, 0.2) is 30.5 Å². The molecule has 248 valence electrons. The normalized spacial score (nSPS) is 23.7. The van der Waals surface area contributed by atoms with Crippen LogP contribution in [0.5, 0.6) is 11.8 Å². The summed E-state index contributed by atoms with van der Waals surface area (Å²) in [7, 11) is 0. The van der Waals surface area contributed by atoms with Crippen LogP contribution in [-0.4, -0.2) is 89.6 Å². The Hall–Kier alpha value is -4.04. The van der Waals surface area contributed by atoms with E-state index in [2.05, 4.69) is 21.0 Å². The van der Waals surface area contributed by atoms with Gasteiger partial charge < -0.3 is 24.8 Å². The van der Waals surface area contributed by atoms with Gasteiger partial charge >= 0.3 is 6.01 Å². The summed E-state index contributed by atoms with van der Waals surface area (Å²) in [6.07, 6.45) is 15.4.